The van der Waals surface area contributed by atoms with Gasteiger partial charge in [-0.05, 0) is 78.4 Å². The molecule has 7 nitrogen and oxygen atoms in total. The highest BCUT2D eigenvalue weighted by molar-refractivity contribution is 7.99. The molecule has 0 unspecified atom stereocenters. The molecule has 1 aromatic carbocycles. The number of hydrogen-bond acceptors (Lipinski definition) is 6. The van der Waals surface area contributed by atoms with E-state index in [1.165, 1.54) is 25.7 Å². The van der Waals surface area contributed by atoms with Crippen LogP contribution in [0.2, 0.25) is 0 Å². The molecule has 1 aliphatic carbocycles. The van der Waals surface area contributed by atoms with Gasteiger partial charge in [-0.15, -0.1) is 11.8 Å². The highest BCUT2D eigenvalue weighted by atomic mass is 32.2. The lowest BCUT2D eigenvalue weighted by Crippen LogP contribution is -2.60. The zero-order valence-corrected chi connectivity index (χ0v) is 24.3. The molecule has 3 N–H and O–H groups in total. The number of piperidine rings is 1. The zero-order valence-electron chi connectivity index (χ0n) is 23.5. The first-order chi connectivity index (χ1) is 17.3. The van der Waals surface area contributed by atoms with Crippen LogP contribution in [0.5, 0.6) is 0 Å². The molecule has 1 heterocycles. The van der Waals surface area contributed by atoms with Crippen LogP contribution in [0.4, 0.5) is 4.79 Å². The molecular formula is C29H47N3O4S. The minimum absolute atomic E-state index is 0.0269. The summed E-state index contributed by atoms with van der Waals surface area (Å²) in [6, 6.07) is 9.13. The van der Waals surface area contributed by atoms with E-state index in [-0.39, 0.29) is 17.5 Å². The van der Waals surface area contributed by atoms with E-state index in [2.05, 4.69) is 15.5 Å². The van der Waals surface area contributed by atoms with E-state index in [9.17, 15) is 14.7 Å². The van der Waals surface area contributed by atoms with Crippen molar-refractivity contribution < 1.29 is 19.4 Å². The molecule has 1 aromatic rings. The summed E-state index contributed by atoms with van der Waals surface area (Å²) in [6.07, 6.45) is 4.24. The van der Waals surface area contributed by atoms with Crippen LogP contribution in [-0.4, -0.2) is 70.2 Å². The smallest absolute Gasteiger partial charge is 0.407 e. The van der Waals surface area contributed by atoms with E-state index in [1.807, 2.05) is 71.9 Å². The van der Waals surface area contributed by atoms with Crippen LogP contribution in [0.25, 0.3) is 0 Å². The van der Waals surface area contributed by atoms with Gasteiger partial charge in [-0.2, -0.15) is 0 Å². The van der Waals surface area contributed by atoms with Gasteiger partial charge in [0.25, 0.3) is 0 Å². The fourth-order valence-electron chi connectivity index (χ4n) is 5.41. The Kier molecular flexibility index (Phi) is 10.3. The van der Waals surface area contributed by atoms with Gasteiger partial charge in [0.05, 0.1) is 18.2 Å². The fourth-order valence-corrected chi connectivity index (χ4v) is 6.43. The molecule has 0 spiro atoms. The number of thioether (sulfide) groups is 1. The average Bonchev–Trinajstić information content (AvgIpc) is 2.79. The van der Waals surface area contributed by atoms with Gasteiger partial charge in [-0.3, -0.25) is 9.69 Å². The van der Waals surface area contributed by atoms with E-state index in [0.29, 0.717) is 24.1 Å². The highest BCUT2D eigenvalue weighted by Crippen LogP contribution is 2.39. The van der Waals surface area contributed by atoms with Crippen molar-refractivity contribution >= 4 is 23.8 Å². The van der Waals surface area contributed by atoms with E-state index in [4.69, 9.17) is 4.74 Å². The number of alkyl carbamates (subject to hydrolysis) is 1. The second-order valence-electron chi connectivity index (χ2n) is 12.7. The largest absolute Gasteiger partial charge is 0.444 e. The summed E-state index contributed by atoms with van der Waals surface area (Å²) in [5.74, 6) is 1.63. The molecule has 1 saturated heterocycles. The number of carbonyl (C=O) groups excluding carboxylic acids is 2. The second kappa shape index (κ2) is 12.9. The molecule has 5 atom stereocenters. The Morgan fingerprint density at radius 2 is 1.73 bits per heavy atom. The first-order valence-electron chi connectivity index (χ1n) is 13.7. The number of rotatable bonds is 8. The Bertz CT molecular complexity index is 883. The molecule has 1 saturated carbocycles. The Hall–Kier alpha value is -1.77. The standard InChI is InChI=1S/C29H47N3O4S/c1-28(2,3)31-26(34)24-16-20-12-10-11-13-21(20)17-32(24)18-25(33)23(30-27(35)36-29(4,5)6)19-37-22-14-8-7-9-15-22/h7-9,14-15,20-21,23-25,33H,10-13,16-19H2,1-6H3,(H,30,35)(H,31,34)/t20-,21+,23-,24+,25+/m0/s1. The zero-order chi connectivity index (χ0) is 27.2. The van der Waals surface area contributed by atoms with Gasteiger partial charge in [0, 0.05) is 29.3 Å². The van der Waals surface area contributed by atoms with Crippen LogP contribution in [0, 0.1) is 11.8 Å². The van der Waals surface area contributed by atoms with E-state index in [1.54, 1.807) is 11.8 Å². The number of amides is 2. The molecule has 37 heavy (non-hydrogen) atoms. The van der Waals surface area contributed by atoms with Crippen molar-refractivity contribution in [1.82, 2.24) is 15.5 Å². The number of hydrogen-bond donors (Lipinski definition) is 3. The van der Waals surface area contributed by atoms with E-state index in [0.717, 1.165) is 17.9 Å². The molecule has 2 aliphatic rings. The minimum atomic E-state index is -0.853. The fraction of sp³-hybridized carbons (Fsp3) is 0.724. The minimum Gasteiger partial charge on any atom is -0.444 e. The van der Waals surface area contributed by atoms with Crippen LogP contribution in [0.1, 0.15) is 73.6 Å². The van der Waals surface area contributed by atoms with Gasteiger partial charge in [0.2, 0.25) is 5.91 Å². The van der Waals surface area contributed by atoms with E-state index < -0.39 is 23.8 Å². The van der Waals surface area contributed by atoms with Gasteiger partial charge in [-0.1, -0.05) is 37.5 Å². The third-order valence-electron chi connectivity index (χ3n) is 7.06. The Morgan fingerprint density at radius 1 is 1.08 bits per heavy atom. The number of benzene rings is 1. The Labute approximate surface area is 227 Å². The number of carbonyl (C=O) groups is 2. The number of fused-ring (bicyclic) bond motifs is 1. The number of β-amino-alcohol motifs (C(OH)–C–C–N with tert-alkyl or cyclic N) is 1. The molecule has 1 aliphatic heterocycles. The topological polar surface area (TPSA) is 90.9 Å². The lowest BCUT2D eigenvalue weighted by atomic mass is 9.72. The highest BCUT2D eigenvalue weighted by Gasteiger charge is 2.41. The molecular weight excluding hydrogens is 486 g/mol. The number of nitrogens with one attached hydrogen (secondary N) is 2. The van der Waals surface area contributed by atoms with Gasteiger partial charge in [0.15, 0.2) is 0 Å². The normalized spacial score (nSPS) is 24.5. The second-order valence-corrected chi connectivity index (χ2v) is 13.8. The molecule has 0 radical (unpaired) electrons. The van der Waals surface area contributed by atoms with Gasteiger partial charge in [-0.25, -0.2) is 4.79 Å². The van der Waals surface area contributed by atoms with E-state index >= 15 is 0 Å². The SMILES string of the molecule is CC(C)(C)NC(=O)[C@H]1C[C@@H]2CCCC[C@@H]2CN1C[C@@H](O)[C@H](CSc1ccccc1)NC(=O)OC(C)(C)C. The molecule has 208 valence electrons. The summed E-state index contributed by atoms with van der Waals surface area (Å²) in [6.45, 7) is 12.6. The lowest BCUT2D eigenvalue weighted by Gasteiger charge is -2.47. The molecule has 8 heteroatoms. The monoisotopic (exact) mass is 533 g/mol. The van der Waals surface area contributed by atoms with Crippen molar-refractivity contribution in [3.63, 3.8) is 0 Å². The molecule has 0 aromatic heterocycles. The van der Waals surface area contributed by atoms with Crippen LogP contribution in [-0.2, 0) is 9.53 Å². The maximum absolute atomic E-state index is 13.4. The van der Waals surface area contributed by atoms with Crippen LogP contribution in [0.3, 0.4) is 0 Å². The Balaban J connectivity index is 1.75. The maximum atomic E-state index is 13.4. The third kappa shape index (κ3) is 9.80. The maximum Gasteiger partial charge on any atom is 0.407 e. The van der Waals surface area contributed by atoms with Crippen molar-refractivity contribution in [3.05, 3.63) is 30.3 Å². The van der Waals surface area contributed by atoms with Crippen molar-refractivity contribution in [3.8, 4) is 0 Å². The quantitative estimate of drug-likeness (QED) is 0.415. The lowest BCUT2D eigenvalue weighted by molar-refractivity contribution is -0.132. The van der Waals surface area contributed by atoms with Crippen LogP contribution < -0.4 is 10.6 Å². The summed E-state index contributed by atoms with van der Waals surface area (Å²) >= 11 is 1.58. The van der Waals surface area contributed by atoms with Gasteiger partial charge in [0.1, 0.15) is 5.60 Å². The Morgan fingerprint density at radius 3 is 2.35 bits per heavy atom. The summed E-state index contributed by atoms with van der Waals surface area (Å²) in [5.41, 5.74) is -0.955. The number of nitrogens with zero attached hydrogens (tertiary/aromatic N) is 1. The van der Waals surface area contributed by atoms with Crippen molar-refractivity contribution in [1.29, 1.82) is 0 Å². The number of ether oxygens (including phenoxy) is 1. The van der Waals surface area contributed by atoms with Crippen LogP contribution >= 0.6 is 11.8 Å². The summed E-state index contributed by atoms with van der Waals surface area (Å²) in [5, 5.41) is 17.5. The van der Waals surface area contributed by atoms with Crippen LogP contribution in [0.15, 0.2) is 35.2 Å². The molecule has 0 bridgehead atoms. The molecule has 2 fully saturated rings. The third-order valence-corrected chi connectivity index (χ3v) is 8.20. The number of aliphatic hydroxyl groups is 1. The number of likely N-dealkylation sites (tertiary alicyclic amines) is 1. The summed E-state index contributed by atoms with van der Waals surface area (Å²) < 4.78 is 5.50. The van der Waals surface area contributed by atoms with Crippen molar-refractivity contribution in [2.75, 3.05) is 18.8 Å². The predicted molar refractivity (Wildman–Crippen MR) is 150 cm³/mol. The molecule has 3 rings (SSSR count). The summed E-state index contributed by atoms with van der Waals surface area (Å²) in [4.78, 5) is 29.3. The van der Waals surface area contributed by atoms with Gasteiger partial charge >= 0.3 is 6.09 Å². The summed E-state index contributed by atoms with van der Waals surface area (Å²) in [7, 11) is 0. The predicted octanol–water partition coefficient (Wildman–Crippen LogP) is 4.83. The van der Waals surface area contributed by atoms with Crippen molar-refractivity contribution in [2.45, 2.75) is 108 Å². The van der Waals surface area contributed by atoms with Gasteiger partial charge < -0.3 is 20.5 Å². The first-order valence-corrected chi connectivity index (χ1v) is 14.7. The average molecular weight is 534 g/mol. The number of aliphatic hydroxyl groups excluding tert-OH is 1. The first kappa shape index (κ1) is 29.8. The van der Waals surface area contributed by atoms with Crippen molar-refractivity contribution in [2.24, 2.45) is 11.8 Å². The molecule has 2 amide bonds.